The summed E-state index contributed by atoms with van der Waals surface area (Å²) in [6.07, 6.45) is -0.874. The van der Waals surface area contributed by atoms with E-state index in [1.165, 1.54) is 35.3 Å². The molecule has 0 saturated carbocycles. The van der Waals surface area contributed by atoms with E-state index in [1.54, 1.807) is 0 Å². The molecule has 0 saturated heterocycles. The minimum atomic E-state index is -5.03. The van der Waals surface area contributed by atoms with Crippen molar-refractivity contribution in [2.24, 2.45) is 0 Å². The number of halogens is 3. The van der Waals surface area contributed by atoms with Crippen molar-refractivity contribution in [2.75, 3.05) is 7.11 Å². The van der Waals surface area contributed by atoms with Gasteiger partial charge in [-0.1, -0.05) is 0 Å². The summed E-state index contributed by atoms with van der Waals surface area (Å²) in [5.74, 6) is -4.23. The van der Waals surface area contributed by atoms with Gasteiger partial charge in [0.15, 0.2) is 5.92 Å². The van der Waals surface area contributed by atoms with Crippen molar-refractivity contribution in [3.8, 4) is 5.95 Å². The lowest BCUT2D eigenvalue weighted by atomic mass is 9.95. The Hall–Kier alpha value is -3.50. The van der Waals surface area contributed by atoms with Crippen molar-refractivity contribution in [3.05, 3.63) is 58.5 Å². The lowest BCUT2D eigenvalue weighted by molar-refractivity contribution is -0.384. The molecular weight excluding hydrogens is 369 g/mol. The van der Waals surface area contributed by atoms with Crippen LogP contribution < -0.4 is 0 Å². The van der Waals surface area contributed by atoms with Gasteiger partial charge in [-0.05, 0) is 12.1 Å². The molecule has 2 heterocycles. The second-order valence-electron chi connectivity index (χ2n) is 5.46. The van der Waals surface area contributed by atoms with E-state index < -0.39 is 34.2 Å². The van der Waals surface area contributed by atoms with Gasteiger partial charge in [-0.15, -0.1) is 0 Å². The van der Waals surface area contributed by atoms with Crippen LogP contribution in [0.2, 0.25) is 0 Å². The molecule has 0 bridgehead atoms. The molecule has 0 fully saturated rings. The molecule has 0 aliphatic carbocycles. The number of esters is 1. The monoisotopic (exact) mass is 380 g/mol. The van der Waals surface area contributed by atoms with Gasteiger partial charge < -0.3 is 4.74 Å². The van der Waals surface area contributed by atoms with E-state index in [9.17, 15) is 28.1 Å². The van der Waals surface area contributed by atoms with Crippen LogP contribution in [0.3, 0.4) is 0 Å². The molecule has 1 unspecified atom stereocenters. The van der Waals surface area contributed by atoms with Crippen LogP contribution in [0.15, 0.2) is 42.9 Å². The van der Waals surface area contributed by atoms with E-state index in [-0.39, 0.29) is 16.9 Å². The SMILES string of the molecule is COC(=O)C(c1cc([N+](=O)[O-])cc2ccn(-c3ncccn3)c12)C(F)(F)F. The Balaban J connectivity index is 2.39. The first-order valence-corrected chi connectivity index (χ1v) is 7.45. The quantitative estimate of drug-likeness (QED) is 0.392. The zero-order valence-corrected chi connectivity index (χ0v) is 13.7. The molecule has 0 N–H and O–H groups in total. The number of nitrogens with zero attached hydrogens (tertiary/aromatic N) is 4. The highest BCUT2D eigenvalue weighted by Crippen LogP contribution is 2.41. The fourth-order valence-corrected chi connectivity index (χ4v) is 2.76. The molecule has 0 spiro atoms. The zero-order valence-electron chi connectivity index (χ0n) is 13.7. The third-order valence-corrected chi connectivity index (χ3v) is 3.85. The van der Waals surface area contributed by atoms with Crippen LogP contribution in [0.25, 0.3) is 16.9 Å². The molecule has 0 aliphatic heterocycles. The van der Waals surface area contributed by atoms with Crippen LogP contribution >= 0.6 is 0 Å². The molecule has 27 heavy (non-hydrogen) atoms. The maximum Gasteiger partial charge on any atom is 0.406 e. The van der Waals surface area contributed by atoms with Crippen LogP contribution in [0.1, 0.15) is 11.5 Å². The van der Waals surface area contributed by atoms with Crippen LogP contribution in [0.5, 0.6) is 0 Å². The summed E-state index contributed by atoms with van der Waals surface area (Å²) in [4.78, 5) is 30.2. The number of nitro groups is 1. The molecule has 3 aromatic rings. The number of rotatable bonds is 4. The Morgan fingerprint density at radius 2 is 1.96 bits per heavy atom. The third-order valence-electron chi connectivity index (χ3n) is 3.85. The Kier molecular flexibility index (Phi) is 4.52. The van der Waals surface area contributed by atoms with Crippen molar-refractivity contribution in [1.82, 2.24) is 14.5 Å². The molecule has 3 rings (SSSR count). The second kappa shape index (κ2) is 6.67. The first-order valence-electron chi connectivity index (χ1n) is 7.45. The summed E-state index contributed by atoms with van der Waals surface area (Å²) >= 11 is 0. The van der Waals surface area contributed by atoms with Crippen LogP contribution in [0, 0.1) is 10.1 Å². The van der Waals surface area contributed by atoms with E-state index in [0.29, 0.717) is 0 Å². The van der Waals surface area contributed by atoms with Gasteiger partial charge in [0.25, 0.3) is 5.69 Å². The Morgan fingerprint density at radius 3 is 2.52 bits per heavy atom. The maximum absolute atomic E-state index is 13.6. The number of aromatic nitrogens is 3. The van der Waals surface area contributed by atoms with Gasteiger partial charge in [-0.25, -0.2) is 9.97 Å². The standard InChI is InChI=1S/C16H11F3N4O4/c1-27-14(24)12(16(17,18)19)11-8-10(23(25)26)7-9-3-6-22(13(9)11)15-20-4-2-5-21-15/h2-8,12H,1H3. The first kappa shape index (κ1) is 18.3. The Labute approximate surface area is 149 Å². The summed E-state index contributed by atoms with van der Waals surface area (Å²) in [7, 11) is 0.814. The number of hydrogen-bond donors (Lipinski definition) is 0. The van der Waals surface area contributed by atoms with E-state index in [4.69, 9.17) is 0 Å². The number of carbonyl (C=O) groups excluding carboxylic acids is 1. The summed E-state index contributed by atoms with van der Waals surface area (Å²) in [5.41, 5.74) is -1.27. The number of carbonyl (C=O) groups is 1. The number of benzene rings is 1. The zero-order chi connectivity index (χ0) is 19.8. The van der Waals surface area contributed by atoms with Gasteiger partial charge >= 0.3 is 12.1 Å². The lowest BCUT2D eigenvalue weighted by Gasteiger charge is -2.20. The van der Waals surface area contributed by atoms with Crippen molar-refractivity contribution in [1.29, 1.82) is 0 Å². The fraction of sp³-hybridized carbons (Fsp3) is 0.188. The molecular formula is C16H11F3N4O4. The predicted molar refractivity (Wildman–Crippen MR) is 86.3 cm³/mol. The molecule has 11 heteroatoms. The third kappa shape index (κ3) is 3.30. The van der Waals surface area contributed by atoms with E-state index in [1.807, 2.05) is 0 Å². The minimum absolute atomic E-state index is 0.0494. The van der Waals surface area contributed by atoms with Gasteiger partial charge in [0.2, 0.25) is 5.95 Å². The summed E-state index contributed by atoms with van der Waals surface area (Å²) in [6.45, 7) is 0. The van der Waals surface area contributed by atoms with E-state index in [2.05, 4.69) is 14.7 Å². The van der Waals surface area contributed by atoms with Crippen LogP contribution in [-0.4, -0.2) is 38.7 Å². The Morgan fingerprint density at radius 1 is 1.30 bits per heavy atom. The Bertz CT molecular complexity index is 1020. The molecule has 1 aromatic carbocycles. The van der Waals surface area contributed by atoms with Gasteiger partial charge in [0.05, 0.1) is 17.5 Å². The normalized spacial score (nSPS) is 12.7. The number of hydrogen-bond acceptors (Lipinski definition) is 6. The summed E-state index contributed by atoms with van der Waals surface area (Å²) in [6, 6.07) is 4.74. The highest BCUT2D eigenvalue weighted by Gasteiger charge is 2.48. The minimum Gasteiger partial charge on any atom is -0.468 e. The highest BCUT2D eigenvalue weighted by molar-refractivity contribution is 5.92. The number of methoxy groups -OCH3 is 1. The number of ether oxygens (including phenoxy) is 1. The number of fused-ring (bicyclic) bond motifs is 1. The molecule has 1 atom stereocenters. The van der Waals surface area contributed by atoms with Gasteiger partial charge in [-0.2, -0.15) is 13.2 Å². The van der Waals surface area contributed by atoms with Crippen LogP contribution in [-0.2, 0) is 9.53 Å². The van der Waals surface area contributed by atoms with Gasteiger partial charge in [-0.3, -0.25) is 19.5 Å². The van der Waals surface area contributed by atoms with Crippen molar-refractivity contribution < 1.29 is 27.6 Å². The van der Waals surface area contributed by atoms with Gasteiger partial charge in [0.1, 0.15) is 0 Å². The highest BCUT2D eigenvalue weighted by atomic mass is 19.4. The average molecular weight is 380 g/mol. The lowest BCUT2D eigenvalue weighted by Crippen LogP contribution is -2.30. The summed E-state index contributed by atoms with van der Waals surface area (Å²) < 4.78 is 46.4. The molecule has 0 aliphatic rings. The fourth-order valence-electron chi connectivity index (χ4n) is 2.76. The van der Waals surface area contributed by atoms with E-state index >= 15 is 0 Å². The predicted octanol–water partition coefficient (Wildman–Crippen LogP) is 3.15. The molecule has 0 amide bonds. The second-order valence-corrected chi connectivity index (χ2v) is 5.46. The van der Waals surface area contributed by atoms with Crippen LogP contribution in [0.4, 0.5) is 18.9 Å². The number of nitro benzene ring substituents is 1. The number of non-ortho nitro benzene ring substituents is 1. The molecule has 8 nitrogen and oxygen atoms in total. The molecule has 140 valence electrons. The smallest absolute Gasteiger partial charge is 0.406 e. The maximum atomic E-state index is 13.6. The van der Waals surface area contributed by atoms with Crippen molar-refractivity contribution >= 4 is 22.6 Å². The largest absolute Gasteiger partial charge is 0.468 e. The van der Waals surface area contributed by atoms with Crippen molar-refractivity contribution in [2.45, 2.75) is 12.1 Å². The topological polar surface area (TPSA) is 100 Å². The van der Waals surface area contributed by atoms with E-state index in [0.717, 1.165) is 19.2 Å². The molecule has 0 radical (unpaired) electrons. The van der Waals surface area contributed by atoms with Gasteiger partial charge in [0, 0.05) is 41.7 Å². The average Bonchev–Trinajstić information content (AvgIpc) is 3.05. The molecule has 2 aromatic heterocycles. The number of alkyl halides is 3. The van der Waals surface area contributed by atoms with Crippen molar-refractivity contribution in [3.63, 3.8) is 0 Å². The summed E-state index contributed by atoms with van der Waals surface area (Å²) in [5, 5.41) is 11.3. The first-order chi connectivity index (χ1) is 12.7.